The number of carbonyl (C=O) groups excluding carboxylic acids is 1. The molecule has 19 heavy (non-hydrogen) atoms. The summed E-state index contributed by atoms with van der Waals surface area (Å²) < 4.78 is 37.3. The number of amides is 1. The number of nitrogens with two attached hydrogens (primary N) is 1. The summed E-state index contributed by atoms with van der Waals surface area (Å²) in [5.74, 6) is -0.686. The Balaban J connectivity index is 2.37. The lowest BCUT2D eigenvalue weighted by atomic mass is 10.0. The van der Waals surface area contributed by atoms with Gasteiger partial charge < -0.3 is 5.73 Å². The lowest BCUT2D eigenvalue weighted by Crippen LogP contribution is -2.12. The van der Waals surface area contributed by atoms with E-state index < -0.39 is 17.6 Å². The number of hydrogen-bond donors (Lipinski definition) is 1. The molecule has 0 saturated heterocycles. The van der Waals surface area contributed by atoms with Gasteiger partial charge in [0.2, 0.25) is 0 Å². The summed E-state index contributed by atoms with van der Waals surface area (Å²) in [6.07, 6.45) is -2.98. The van der Waals surface area contributed by atoms with Gasteiger partial charge in [-0.1, -0.05) is 12.1 Å². The maximum atomic E-state index is 12.4. The topological polar surface area (TPSA) is 56.0 Å². The fourth-order valence-corrected chi connectivity index (χ4v) is 1.60. The Morgan fingerprint density at radius 3 is 2.21 bits per heavy atom. The van der Waals surface area contributed by atoms with E-state index in [1.54, 1.807) is 6.07 Å². The molecule has 0 bridgehead atoms. The Morgan fingerprint density at radius 2 is 1.68 bits per heavy atom. The van der Waals surface area contributed by atoms with E-state index in [0.29, 0.717) is 11.1 Å². The number of pyridine rings is 1. The number of rotatable bonds is 2. The van der Waals surface area contributed by atoms with Gasteiger partial charge in [0.05, 0.1) is 5.56 Å². The fourth-order valence-electron chi connectivity index (χ4n) is 1.60. The van der Waals surface area contributed by atoms with Gasteiger partial charge in [0, 0.05) is 6.20 Å². The standard InChI is InChI=1S/C13H9F3N2O/c14-13(15,16)10-3-1-8(2-4-10)9-5-6-18-11(7-9)12(17)19/h1-7H,(H2,17,19). The smallest absolute Gasteiger partial charge is 0.364 e. The monoisotopic (exact) mass is 266 g/mol. The SMILES string of the molecule is NC(=O)c1cc(-c2ccc(C(F)(F)F)cc2)ccn1. The summed E-state index contributed by atoms with van der Waals surface area (Å²) in [4.78, 5) is 14.7. The molecule has 0 unspecified atom stereocenters. The van der Waals surface area contributed by atoms with Crippen LogP contribution in [0.3, 0.4) is 0 Å². The first kappa shape index (κ1) is 13.1. The van der Waals surface area contributed by atoms with E-state index in [4.69, 9.17) is 5.73 Å². The number of primary amides is 1. The minimum absolute atomic E-state index is 0.0670. The molecule has 2 N–H and O–H groups in total. The van der Waals surface area contributed by atoms with Crippen molar-refractivity contribution in [1.82, 2.24) is 4.98 Å². The van der Waals surface area contributed by atoms with Gasteiger partial charge >= 0.3 is 6.18 Å². The molecule has 0 aliphatic rings. The second-order valence-electron chi connectivity index (χ2n) is 3.87. The molecule has 98 valence electrons. The molecule has 3 nitrogen and oxygen atoms in total. The van der Waals surface area contributed by atoms with Crippen molar-refractivity contribution in [3.63, 3.8) is 0 Å². The van der Waals surface area contributed by atoms with Crippen LogP contribution < -0.4 is 5.73 Å². The molecular formula is C13H9F3N2O. The van der Waals surface area contributed by atoms with Gasteiger partial charge in [0.25, 0.3) is 5.91 Å². The minimum atomic E-state index is -4.37. The van der Waals surface area contributed by atoms with Crippen LogP contribution in [0.2, 0.25) is 0 Å². The van der Waals surface area contributed by atoms with E-state index >= 15 is 0 Å². The van der Waals surface area contributed by atoms with Gasteiger partial charge in [-0.25, -0.2) is 0 Å². The average Bonchev–Trinajstić information content (AvgIpc) is 2.38. The molecule has 1 aromatic heterocycles. The van der Waals surface area contributed by atoms with Crippen LogP contribution in [0.15, 0.2) is 42.6 Å². The van der Waals surface area contributed by atoms with Crippen LogP contribution in [-0.2, 0) is 6.18 Å². The van der Waals surface area contributed by atoms with Crippen LogP contribution >= 0.6 is 0 Å². The van der Waals surface area contributed by atoms with Crippen LogP contribution in [0.5, 0.6) is 0 Å². The summed E-state index contributed by atoms with van der Waals surface area (Å²) >= 11 is 0. The van der Waals surface area contributed by atoms with E-state index in [0.717, 1.165) is 12.1 Å². The predicted molar refractivity (Wildman–Crippen MR) is 63.2 cm³/mol. The summed E-state index contributed by atoms with van der Waals surface area (Å²) in [5.41, 5.74) is 5.57. The molecule has 1 amide bonds. The first-order valence-electron chi connectivity index (χ1n) is 5.31. The van der Waals surface area contributed by atoms with Crippen molar-refractivity contribution >= 4 is 5.91 Å². The molecular weight excluding hydrogens is 257 g/mol. The second-order valence-corrected chi connectivity index (χ2v) is 3.87. The number of carbonyl (C=O) groups is 1. The quantitative estimate of drug-likeness (QED) is 0.908. The third kappa shape index (κ3) is 2.90. The molecule has 2 rings (SSSR count). The van der Waals surface area contributed by atoms with Crippen LogP contribution in [0, 0.1) is 0 Å². The molecule has 0 atom stereocenters. The highest BCUT2D eigenvalue weighted by molar-refractivity contribution is 5.92. The highest BCUT2D eigenvalue weighted by atomic mass is 19.4. The van der Waals surface area contributed by atoms with E-state index in [-0.39, 0.29) is 5.69 Å². The molecule has 0 saturated carbocycles. The predicted octanol–water partition coefficient (Wildman–Crippen LogP) is 2.87. The first-order valence-corrected chi connectivity index (χ1v) is 5.31. The molecule has 0 fully saturated rings. The van der Waals surface area contributed by atoms with Crippen LogP contribution in [-0.4, -0.2) is 10.9 Å². The Bertz CT molecular complexity index is 606. The van der Waals surface area contributed by atoms with E-state index in [1.807, 2.05) is 0 Å². The summed E-state index contributed by atoms with van der Waals surface area (Å²) in [6.45, 7) is 0. The zero-order chi connectivity index (χ0) is 14.0. The molecule has 0 spiro atoms. The second kappa shape index (κ2) is 4.72. The first-order chi connectivity index (χ1) is 8.88. The van der Waals surface area contributed by atoms with Crippen molar-refractivity contribution in [3.05, 3.63) is 53.9 Å². The summed E-state index contributed by atoms with van der Waals surface area (Å²) in [5, 5.41) is 0. The molecule has 1 heterocycles. The number of benzene rings is 1. The Hall–Kier alpha value is -2.37. The van der Waals surface area contributed by atoms with Crippen LogP contribution in [0.1, 0.15) is 16.1 Å². The van der Waals surface area contributed by atoms with E-state index in [9.17, 15) is 18.0 Å². The number of aromatic nitrogens is 1. The third-order valence-corrected chi connectivity index (χ3v) is 2.56. The summed E-state index contributed by atoms with van der Waals surface area (Å²) in [6, 6.07) is 7.67. The van der Waals surface area contributed by atoms with Gasteiger partial charge in [-0.3, -0.25) is 9.78 Å². The lowest BCUT2D eigenvalue weighted by Gasteiger charge is -2.08. The van der Waals surface area contributed by atoms with Gasteiger partial charge in [0.1, 0.15) is 5.69 Å². The normalized spacial score (nSPS) is 11.3. The van der Waals surface area contributed by atoms with E-state index in [1.165, 1.54) is 24.4 Å². The maximum Gasteiger partial charge on any atom is 0.416 e. The van der Waals surface area contributed by atoms with Gasteiger partial charge in [-0.15, -0.1) is 0 Å². The molecule has 6 heteroatoms. The highest BCUT2D eigenvalue weighted by Crippen LogP contribution is 2.30. The van der Waals surface area contributed by atoms with Crippen molar-refractivity contribution in [2.75, 3.05) is 0 Å². The molecule has 0 aliphatic heterocycles. The van der Waals surface area contributed by atoms with Crippen LogP contribution in [0.25, 0.3) is 11.1 Å². The molecule has 2 aromatic rings. The largest absolute Gasteiger partial charge is 0.416 e. The third-order valence-electron chi connectivity index (χ3n) is 2.56. The Kier molecular flexibility index (Phi) is 3.25. The van der Waals surface area contributed by atoms with Crippen molar-refractivity contribution < 1.29 is 18.0 Å². The van der Waals surface area contributed by atoms with Crippen LogP contribution in [0.4, 0.5) is 13.2 Å². The van der Waals surface area contributed by atoms with Crippen molar-refractivity contribution in [2.45, 2.75) is 6.18 Å². The Morgan fingerprint density at radius 1 is 1.05 bits per heavy atom. The average molecular weight is 266 g/mol. The number of nitrogens with zero attached hydrogens (tertiary/aromatic N) is 1. The van der Waals surface area contributed by atoms with E-state index in [2.05, 4.69) is 4.98 Å². The highest BCUT2D eigenvalue weighted by Gasteiger charge is 2.29. The maximum absolute atomic E-state index is 12.4. The number of alkyl halides is 3. The van der Waals surface area contributed by atoms with Gasteiger partial charge in [-0.2, -0.15) is 13.2 Å². The minimum Gasteiger partial charge on any atom is -0.364 e. The number of hydrogen-bond acceptors (Lipinski definition) is 2. The molecule has 0 aliphatic carbocycles. The summed E-state index contributed by atoms with van der Waals surface area (Å²) in [7, 11) is 0. The van der Waals surface area contributed by atoms with Crippen molar-refractivity contribution in [1.29, 1.82) is 0 Å². The lowest BCUT2D eigenvalue weighted by molar-refractivity contribution is -0.137. The zero-order valence-electron chi connectivity index (χ0n) is 9.61. The fraction of sp³-hybridized carbons (Fsp3) is 0.0769. The Labute approximate surface area is 106 Å². The van der Waals surface area contributed by atoms with Crippen molar-refractivity contribution in [2.24, 2.45) is 5.73 Å². The van der Waals surface area contributed by atoms with Gasteiger partial charge in [0.15, 0.2) is 0 Å². The zero-order valence-corrected chi connectivity index (χ0v) is 9.61. The molecule has 0 radical (unpaired) electrons. The van der Waals surface area contributed by atoms with Crippen molar-refractivity contribution in [3.8, 4) is 11.1 Å². The molecule has 1 aromatic carbocycles. The number of halogens is 3. The van der Waals surface area contributed by atoms with Gasteiger partial charge in [-0.05, 0) is 35.4 Å².